The Morgan fingerprint density at radius 2 is 2.29 bits per heavy atom. The van der Waals surface area contributed by atoms with Crippen molar-refractivity contribution in [1.82, 2.24) is 19.5 Å². The van der Waals surface area contributed by atoms with Crippen molar-refractivity contribution in [2.24, 2.45) is 0 Å². The maximum atomic E-state index is 12.7. The number of aryl methyl sites for hydroxylation is 1. The fourth-order valence-electron chi connectivity index (χ4n) is 2.22. The number of carbonyl (C=O) groups excluding carboxylic acids is 1. The number of hydrogen-bond donors (Lipinski definition) is 0. The van der Waals surface area contributed by atoms with Crippen molar-refractivity contribution in [1.29, 1.82) is 0 Å². The van der Waals surface area contributed by atoms with Crippen molar-refractivity contribution in [3.63, 3.8) is 0 Å². The number of nitrogens with zero attached hydrogens (tertiary/aromatic N) is 4. The first-order chi connectivity index (χ1) is 10.1. The third-order valence-corrected chi connectivity index (χ3v) is 4.58. The zero-order valence-electron chi connectivity index (χ0n) is 13.0. The van der Waals surface area contributed by atoms with Gasteiger partial charge in [0.25, 0.3) is 5.91 Å². The molecule has 0 saturated carbocycles. The van der Waals surface area contributed by atoms with Crippen LogP contribution in [0.3, 0.4) is 0 Å². The summed E-state index contributed by atoms with van der Waals surface area (Å²) in [5, 5.41) is 4.35. The number of amides is 1. The minimum Gasteiger partial charge on any atom is -0.339 e. The summed E-state index contributed by atoms with van der Waals surface area (Å²) in [5.74, 6) is 2.18. The third-order valence-electron chi connectivity index (χ3n) is 3.65. The predicted molar refractivity (Wildman–Crippen MR) is 86.9 cm³/mol. The predicted octanol–water partition coefficient (Wildman–Crippen LogP) is 2.64. The molecule has 114 valence electrons. The van der Waals surface area contributed by atoms with E-state index in [1.165, 1.54) is 0 Å². The zero-order valence-corrected chi connectivity index (χ0v) is 13.9. The van der Waals surface area contributed by atoms with Crippen molar-refractivity contribution >= 4 is 23.3 Å². The summed E-state index contributed by atoms with van der Waals surface area (Å²) in [6.45, 7) is 6.09. The minimum atomic E-state index is -0.00445. The molecule has 0 aliphatic carbocycles. The Labute approximate surface area is 129 Å². The monoisotopic (exact) mass is 306 g/mol. The van der Waals surface area contributed by atoms with E-state index in [1.54, 1.807) is 15.6 Å². The van der Waals surface area contributed by atoms with Crippen molar-refractivity contribution in [2.45, 2.75) is 33.2 Å². The first-order valence-corrected chi connectivity index (χ1v) is 8.36. The molecule has 6 heteroatoms. The molecule has 0 N–H and O–H groups in total. The molecular weight excluding hydrogens is 284 g/mol. The highest BCUT2D eigenvalue weighted by atomic mass is 32.2. The summed E-state index contributed by atoms with van der Waals surface area (Å²) in [4.78, 5) is 18.8. The molecule has 0 aliphatic rings. The molecule has 0 aromatic carbocycles. The second kappa shape index (κ2) is 6.93. The smallest absolute Gasteiger partial charge is 0.259 e. The fraction of sp³-hybridized carbons (Fsp3) is 0.533. The topological polar surface area (TPSA) is 50.5 Å². The fourth-order valence-corrected chi connectivity index (χ4v) is 3.01. The molecule has 2 aromatic rings. The molecule has 2 aromatic heterocycles. The molecule has 5 nitrogen and oxygen atoms in total. The van der Waals surface area contributed by atoms with Crippen LogP contribution < -0.4 is 0 Å². The molecular formula is C15H22N4OS. The van der Waals surface area contributed by atoms with Gasteiger partial charge in [-0.1, -0.05) is 6.92 Å². The van der Waals surface area contributed by atoms with Crippen LogP contribution in [0.2, 0.25) is 0 Å². The number of hydrogen-bond acceptors (Lipinski definition) is 4. The van der Waals surface area contributed by atoms with Crippen LogP contribution in [0.25, 0.3) is 5.65 Å². The Balaban J connectivity index is 2.19. The Morgan fingerprint density at radius 3 is 3.00 bits per heavy atom. The summed E-state index contributed by atoms with van der Waals surface area (Å²) in [6, 6.07) is 2.01. The van der Waals surface area contributed by atoms with Crippen LogP contribution in [0.15, 0.2) is 18.5 Å². The summed E-state index contributed by atoms with van der Waals surface area (Å²) < 4.78 is 1.66. The highest BCUT2D eigenvalue weighted by Gasteiger charge is 2.24. The number of rotatable bonds is 6. The molecule has 0 bridgehead atoms. The lowest BCUT2D eigenvalue weighted by Crippen LogP contribution is -2.35. The van der Waals surface area contributed by atoms with Crippen LogP contribution in [-0.4, -0.2) is 50.0 Å². The summed E-state index contributed by atoms with van der Waals surface area (Å²) in [6.07, 6.45) is 4.49. The lowest BCUT2D eigenvalue weighted by Gasteiger charge is -2.24. The third kappa shape index (κ3) is 3.37. The quantitative estimate of drug-likeness (QED) is 0.770. The van der Waals surface area contributed by atoms with E-state index in [-0.39, 0.29) is 11.9 Å². The first kappa shape index (κ1) is 15.8. The molecule has 1 atom stereocenters. The summed E-state index contributed by atoms with van der Waals surface area (Å²) in [5.41, 5.74) is 1.95. The molecule has 0 fully saturated rings. The van der Waals surface area contributed by atoms with Gasteiger partial charge in [0, 0.05) is 25.5 Å². The van der Waals surface area contributed by atoms with Gasteiger partial charge in [-0.15, -0.1) is 0 Å². The second-order valence-corrected chi connectivity index (χ2v) is 6.49. The Morgan fingerprint density at radius 1 is 1.52 bits per heavy atom. The highest BCUT2D eigenvalue weighted by molar-refractivity contribution is 7.99. The Bertz CT molecular complexity index is 625. The number of carbonyl (C=O) groups is 1. The lowest BCUT2D eigenvalue weighted by atomic mass is 10.1. The summed E-state index contributed by atoms with van der Waals surface area (Å²) in [7, 11) is 1.86. The van der Waals surface area contributed by atoms with Crippen molar-refractivity contribution in [3.8, 4) is 0 Å². The maximum absolute atomic E-state index is 12.7. The minimum absolute atomic E-state index is 0.00445. The second-order valence-electron chi connectivity index (χ2n) is 5.10. The zero-order chi connectivity index (χ0) is 15.4. The van der Waals surface area contributed by atoms with E-state index >= 15 is 0 Å². The highest BCUT2D eigenvalue weighted by Crippen LogP contribution is 2.17. The van der Waals surface area contributed by atoms with E-state index in [1.807, 2.05) is 38.0 Å². The first-order valence-electron chi connectivity index (χ1n) is 7.21. The van der Waals surface area contributed by atoms with Gasteiger partial charge in [-0.25, -0.2) is 9.50 Å². The van der Waals surface area contributed by atoms with Gasteiger partial charge in [-0.3, -0.25) is 4.79 Å². The SMILES string of the molecule is CCSCC[C@H](C)N(C)C(=O)c1c(C)nn2cccnc12. The summed E-state index contributed by atoms with van der Waals surface area (Å²) >= 11 is 1.90. The molecule has 21 heavy (non-hydrogen) atoms. The number of fused-ring (bicyclic) bond motifs is 1. The molecule has 0 radical (unpaired) electrons. The molecule has 2 rings (SSSR count). The van der Waals surface area contributed by atoms with Gasteiger partial charge < -0.3 is 4.90 Å². The van der Waals surface area contributed by atoms with Crippen LogP contribution in [0.5, 0.6) is 0 Å². The number of thioether (sulfide) groups is 1. The van der Waals surface area contributed by atoms with Gasteiger partial charge in [0.15, 0.2) is 5.65 Å². The van der Waals surface area contributed by atoms with E-state index in [2.05, 4.69) is 23.9 Å². The van der Waals surface area contributed by atoms with E-state index in [0.29, 0.717) is 11.2 Å². The van der Waals surface area contributed by atoms with E-state index in [0.717, 1.165) is 23.6 Å². The molecule has 0 saturated heterocycles. The van der Waals surface area contributed by atoms with Crippen LogP contribution in [0, 0.1) is 6.92 Å². The normalized spacial score (nSPS) is 12.6. The standard InChI is InChI=1S/C15H22N4OS/c1-5-21-10-7-11(2)18(4)15(20)13-12(3)17-19-9-6-8-16-14(13)19/h6,8-9,11H,5,7,10H2,1-4H3/t11-/m0/s1. The van der Waals surface area contributed by atoms with Crippen LogP contribution in [0.4, 0.5) is 0 Å². The Hall–Kier alpha value is -1.56. The molecule has 1 amide bonds. The van der Waals surface area contributed by atoms with Crippen LogP contribution >= 0.6 is 11.8 Å². The Kier molecular flexibility index (Phi) is 5.22. The molecule has 0 spiro atoms. The molecule has 0 aliphatic heterocycles. The van der Waals surface area contributed by atoms with Crippen molar-refractivity contribution in [3.05, 3.63) is 29.7 Å². The van der Waals surface area contributed by atoms with E-state index in [4.69, 9.17) is 0 Å². The van der Waals surface area contributed by atoms with Gasteiger partial charge in [-0.2, -0.15) is 16.9 Å². The van der Waals surface area contributed by atoms with E-state index in [9.17, 15) is 4.79 Å². The van der Waals surface area contributed by atoms with Crippen LogP contribution in [0.1, 0.15) is 36.3 Å². The maximum Gasteiger partial charge on any atom is 0.259 e. The van der Waals surface area contributed by atoms with Gasteiger partial charge in [0.05, 0.1) is 5.69 Å². The van der Waals surface area contributed by atoms with Crippen LogP contribution in [-0.2, 0) is 0 Å². The lowest BCUT2D eigenvalue weighted by molar-refractivity contribution is 0.0742. The van der Waals surface area contributed by atoms with Gasteiger partial charge in [-0.05, 0) is 37.8 Å². The average molecular weight is 306 g/mol. The molecule has 2 heterocycles. The van der Waals surface area contributed by atoms with Gasteiger partial charge in [0.1, 0.15) is 5.56 Å². The number of aromatic nitrogens is 3. The molecule has 0 unspecified atom stereocenters. The average Bonchev–Trinajstić information content (AvgIpc) is 2.81. The van der Waals surface area contributed by atoms with Crippen molar-refractivity contribution in [2.75, 3.05) is 18.6 Å². The van der Waals surface area contributed by atoms with Crippen molar-refractivity contribution < 1.29 is 4.79 Å². The van der Waals surface area contributed by atoms with Gasteiger partial charge >= 0.3 is 0 Å². The largest absolute Gasteiger partial charge is 0.339 e. The van der Waals surface area contributed by atoms with E-state index < -0.39 is 0 Å². The van der Waals surface area contributed by atoms with Gasteiger partial charge in [0.2, 0.25) is 0 Å².